The Morgan fingerprint density at radius 1 is 1.35 bits per heavy atom. The standard InChI is InChI=1S/C12H14BrN3O/c1-8-7-9(13)3-4-10(8)12-16-15-11(17-12)5-6-14-2/h3-4,7,14H,5-6H2,1-2H3. The molecule has 0 amide bonds. The molecule has 2 aromatic rings. The first-order valence-corrected chi connectivity index (χ1v) is 6.23. The number of hydrogen-bond donors (Lipinski definition) is 1. The zero-order valence-electron chi connectivity index (χ0n) is 9.83. The van der Waals surface area contributed by atoms with Crippen LogP contribution in [-0.4, -0.2) is 23.8 Å². The lowest BCUT2D eigenvalue weighted by Crippen LogP contribution is -2.10. The average molecular weight is 296 g/mol. The lowest BCUT2D eigenvalue weighted by atomic mass is 10.1. The van der Waals surface area contributed by atoms with Crippen molar-refractivity contribution in [1.29, 1.82) is 0 Å². The van der Waals surface area contributed by atoms with Crippen LogP contribution in [0.15, 0.2) is 27.1 Å². The van der Waals surface area contributed by atoms with Crippen molar-refractivity contribution in [1.82, 2.24) is 15.5 Å². The van der Waals surface area contributed by atoms with Crippen molar-refractivity contribution in [2.75, 3.05) is 13.6 Å². The van der Waals surface area contributed by atoms with E-state index in [4.69, 9.17) is 4.42 Å². The second-order valence-corrected chi connectivity index (χ2v) is 4.73. The van der Waals surface area contributed by atoms with E-state index in [2.05, 4.69) is 31.4 Å². The van der Waals surface area contributed by atoms with E-state index in [9.17, 15) is 0 Å². The smallest absolute Gasteiger partial charge is 0.248 e. The van der Waals surface area contributed by atoms with Gasteiger partial charge < -0.3 is 9.73 Å². The summed E-state index contributed by atoms with van der Waals surface area (Å²) in [5.74, 6) is 1.25. The summed E-state index contributed by atoms with van der Waals surface area (Å²) >= 11 is 3.43. The molecule has 1 aromatic carbocycles. The molecule has 0 unspecified atom stereocenters. The molecule has 0 fully saturated rings. The molecule has 0 saturated heterocycles. The number of benzene rings is 1. The van der Waals surface area contributed by atoms with Gasteiger partial charge in [0, 0.05) is 23.0 Å². The third kappa shape index (κ3) is 2.92. The highest BCUT2D eigenvalue weighted by Crippen LogP contribution is 2.25. The SMILES string of the molecule is CNCCc1nnc(-c2ccc(Br)cc2C)o1. The van der Waals surface area contributed by atoms with Gasteiger partial charge in [-0.1, -0.05) is 15.9 Å². The van der Waals surface area contributed by atoms with Gasteiger partial charge in [-0.15, -0.1) is 10.2 Å². The highest BCUT2D eigenvalue weighted by molar-refractivity contribution is 9.10. The fourth-order valence-corrected chi connectivity index (χ4v) is 2.04. The molecule has 0 aliphatic carbocycles. The van der Waals surface area contributed by atoms with Gasteiger partial charge in [-0.05, 0) is 37.7 Å². The van der Waals surface area contributed by atoms with Gasteiger partial charge in [0.25, 0.3) is 0 Å². The Kier molecular flexibility index (Phi) is 3.91. The highest BCUT2D eigenvalue weighted by atomic mass is 79.9. The van der Waals surface area contributed by atoms with Gasteiger partial charge in [-0.25, -0.2) is 0 Å². The second kappa shape index (κ2) is 5.42. The molecule has 1 heterocycles. The molecule has 2 rings (SSSR count). The number of nitrogens with one attached hydrogen (secondary N) is 1. The topological polar surface area (TPSA) is 51.0 Å². The fourth-order valence-electron chi connectivity index (χ4n) is 1.56. The summed E-state index contributed by atoms with van der Waals surface area (Å²) in [6.45, 7) is 2.86. The van der Waals surface area contributed by atoms with Crippen LogP contribution >= 0.6 is 15.9 Å². The van der Waals surface area contributed by atoms with Gasteiger partial charge in [0.15, 0.2) is 0 Å². The van der Waals surface area contributed by atoms with E-state index in [1.165, 1.54) is 0 Å². The van der Waals surface area contributed by atoms with Crippen LogP contribution in [0.3, 0.4) is 0 Å². The molecule has 4 nitrogen and oxygen atoms in total. The van der Waals surface area contributed by atoms with Gasteiger partial charge in [0.2, 0.25) is 11.8 Å². The molecule has 5 heteroatoms. The molecule has 1 aromatic heterocycles. The Bertz CT molecular complexity index is 510. The number of rotatable bonds is 4. The first-order chi connectivity index (χ1) is 8.20. The lowest BCUT2D eigenvalue weighted by molar-refractivity contribution is 0.500. The van der Waals surface area contributed by atoms with Crippen molar-refractivity contribution < 1.29 is 4.42 Å². The summed E-state index contributed by atoms with van der Waals surface area (Å²) in [4.78, 5) is 0. The molecule has 0 bridgehead atoms. The minimum atomic E-state index is 0.584. The van der Waals surface area contributed by atoms with Gasteiger partial charge in [-0.3, -0.25) is 0 Å². The van der Waals surface area contributed by atoms with E-state index < -0.39 is 0 Å². The number of aryl methyl sites for hydroxylation is 1. The maximum atomic E-state index is 5.61. The first kappa shape index (κ1) is 12.3. The van der Waals surface area contributed by atoms with Gasteiger partial charge in [0.05, 0.1) is 0 Å². The van der Waals surface area contributed by atoms with E-state index in [1.54, 1.807) is 0 Å². The predicted molar refractivity (Wildman–Crippen MR) is 69.8 cm³/mol. The van der Waals surface area contributed by atoms with Crippen molar-refractivity contribution in [2.24, 2.45) is 0 Å². The van der Waals surface area contributed by atoms with Crippen LogP contribution in [0.4, 0.5) is 0 Å². The summed E-state index contributed by atoms with van der Waals surface area (Å²) in [7, 11) is 1.90. The molecular formula is C12H14BrN3O. The van der Waals surface area contributed by atoms with Crippen molar-refractivity contribution in [3.63, 3.8) is 0 Å². The quantitative estimate of drug-likeness (QED) is 0.942. The molecule has 0 saturated carbocycles. The van der Waals surface area contributed by atoms with Crippen LogP contribution in [-0.2, 0) is 6.42 Å². The highest BCUT2D eigenvalue weighted by Gasteiger charge is 2.10. The van der Waals surface area contributed by atoms with E-state index in [-0.39, 0.29) is 0 Å². The molecule has 17 heavy (non-hydrogen) atoms. The zero-order valence-corrected chi connectivity index (χ0v) is 11.4. The van der Waals surface area contributed by atoms with E-state index in [1.807, 2.05) is 32.2 Å². The molecule has 0 spiro atoms. The second-order valence-electron chi connectivity index (χ2n) is 3.81. The molecular weight excluding hydrogens is 282 g/mol. The minimum absolute atomic E-state index is 0.584. The Morgan fingerprint density at radius 2 is 2.18 bits per heavy atom. The van der Waals surface area contributed by atoms with Gasteiger partial charge in [-0.2, -0.15) is 0 Å². The summed E-state index contributed by atoms with van der Waals surface area (Å²) < 4.78 is 6.66. The van der Waals surface area contributed by atoms with Crippen molar-refractivity contribution >= 4 is 15.9 Å². The number of likely N-dealkylation sites (N-methyl/N-ethyl adjacent to an activating group) is 1. The summed E-state index contributed by atoms with van der Waals surface area (Å²) in [6.07, 6.45) is 0.749. The van der Waals surface area contributed by atoms with Crippen molar-refractivity contribution in [3.8, 4) is 11.5 Å². The summed E-state index contributed by atoms with van der Waals surface area (Å²) in [5.41, 5.74) is 2.10. The Labute approximate surface area is 109 Å². The van der Waals surface area contributed by atoms with E-state index in [0.717, 1.165) is 28.6 Å². The largest absolute Gasteiger partial charge is 0.421 e. The first-order valence-electron chi connectivity index (χ1n) is 5.44. The summed E-state index contributed by atoms with van der Waals surface area (Å²) in [5, 5.41) is 11.1. The van der Waals surface area contributed by atoms with Crippen LogP contribution in [0, 0.1) is 6.92 Å². The third-order valence-corrected chi connectivity index (χ3v) is 2.97. The van der Waals surface area contributed by atoms with Gasteiger partial charge in [0.1, 0.15) is 0 Å². The third-order valence-electron chi connectivity index (χ3n) is 2.47. The number of halogens is 1. The van der Waals surface area contributed by atoms with Crippen LogP contribution in [0.5, 0.6) is 0 Å². The molecule has 0 aliphatic rings. The van der Waals surface area contributed by atoms with E-state index in [0.29, 0.717) is 11.8 Å². The minimum Gasteiger partial charge on any atom is -0.421 e. The lowest BCUT2D eigenvalue weighted by Gasteiger charge is -2.00. The molecule has 0 atom stereocenters. The number of aromatic nitrogens is 2. The molecule has 90 valence electrons. The number of hydrogen-bond acceptors (Lipinski definition) is 4. The maximum absolute atomic E-state index is 5.61. The van der Waals surface area contributed by atoms with Crippen LogP contribution < -0.4 is 5.32 Å². The van der Waals surface area contributed by atoms with Crippen LogP contribution in [0.25, 0.3) is 11.5 Å². The van der Waals surface area contributed by atoms with Crippen molar-refractivity contribution in [2.45, 2.75) is 13.3 Å². The number of nitrogens with zero attached hydrogens (tertiary/aromatic N) is 2. The molecule has 0 aliphatic heterocycles. The molecule has 1 N–H and O–H groups in total. The average Bonchev–Trinajstić information content (AvgIpc) is 2.75. The summed E-state index contributed by atoms with van der Waals surface area (Å²) in [6, 6.07) is 5.99. The predicted octanol–water partition coefficient (Wildman–Crippen LogP) is 2.57. The monoisotopic (exact) mass is 295 g/mol. The molecule has 0 radical (unpaired) electrons. The normalized spacial score (nSPS) is 10.8. The van der Waals surface area contributed by atoms with Crippen LogP contribution in [0.2, 0.25) is 0 Å². The fraction of sp³-hybridized carbons (Fsp3) is 0.333. The Balaban J connectivity index is 2.24. The Morgan fingerprint density at radius 3 is 2.88 bits per heavy atom. The Hall–Kier alpha value is -1.20. The zero-order chi connectivity index (χ0) is 12.3. The van der Waals surface area contributed by atoms with Crippen LogP contribution in [0.1, 0.15) is 11.5 Å². The van der Waals surface area contributed by atoms with E-state index >= 15 is 0 Å². The van der Waals surface area contributed by atoms with Gasteiger partial charge >= 0.3 is 0 Å². The maximum Gasteiger partial charge on any atom is 0.248 e. The van der Waals surface area contributed by atoms with Crippen molar-refractivity contribution in [3.05, 3.63) is 34.1 Å².